The minimum absolute atomic E-state index is 0.466. The van der Waals surface area contributed by atoms with Crippen molar-refractivity contribution in [3.8, 4) is 11.5 Å². The third-order valence-electron chi connectivity index (χ3n) is 7.36. The summed E-state index contributed by atoms with van der Waals surface area (Å²) in [7, 11) is 0. The number of morpholine rings is 1. The zero-order chi connectivity index (χ0) is 23.2. The number of ether oxygens (including phenoxy) is 1. The molecule has 1 aliphatic heterocycles. The van der Waals surface area contributed by atoms with Gasteiger partial charge in [-0.2, -0.15) is 0 Å². The Bertz CT molecular complexity index is 899. The lowest BCUT2D eigenvalue weighted by molar-refractivity contribution is 0.0382. The highest BCUT2D eigenvalue weighted by Crippen LogP contribution is 2.38. The van der Waals surface area contributed by atoms with E-state index in [4.69, 9.17) is 9.15 Å². The van der Waals surface area contributed by atoms with Crippen molar-refractivity contribution in [2.24, 2.45) is 23.7 Å². The van der Waals surface area contributed by atoms with E-state index < -0.39 is 0 Å². The van der Waals surface area contributed by atoms with Gasteiger partial charge in [-0.3, -0.25) is 4.90 Å². The molecule has 0 radical (unpaired) electrons. The molecule has 2 aliphatic rings. The van der Waals surface area contributed by atoms with Crippen LogP contribution >= 0.6 is 0 Å². The van der Waals surface area contributed by atoms with E-state index in [1.54, 1.807) is 0 Å². The van der Waals surface area contributed by atoms with E-state index in [9.17, 15) is 0 Å². The monoisotopic (exact) mass is 452 g/mol. The Morgan fingerprint density at radius 2 is 1.85 bits per heavy atom. The Balaban J connectivity index is 1.33. The quantitative estimate of drug-likeness (QED) is 0.450. The van der Waals surface area contributed by atoms with Gasteiger partial charge >= 0.3 is 0 Å². The lowest BCUT2D eigenvalue weighted by atomic mass is 9.70. The Morgan fingerprint density at radius 1 is 1.09 bits per heavy atom. The summed E-state index contributed by atoms with van der Waals surface area (Å²) in [6.45, 7) is 16.1. The molecular weight excluding hydrogens is 412 g/mol. The molecule has 0 spiro atoms. The largest absolute Gasteiger partial charge is 0.421 e. The molecular formula is C27H40N4O2. The number of aryl methyl sites for hydroxylation is 1. The van der Waals surface area contributed by atoms with Crippen LogP contribution in [0.2, 0.25) is 0 Å². The number of hydrogen-bond acceptors (Lipinski definition) is 6. The molecule has 4 rings (SSSR count). The molecule has 2 heterocycles. The fraction of sp³-hybridized carbons (Fsp3) is 0.630. The van der Waals surface area contributed by atoms with Crippen molar-refractivity contribution in [2.75, 3.05) is 45.9 Å². The minimum Gasteiger partial charge on any atom is -0.421 e. The molecule has 3 atom stereocenters. The number of nitrogens with zero attached hydrogens (tertiary/aromatic N) is 3. The fourth-order valence-corrected chi connectivity index (χ4v) is 5.20. The van der Waals surface area contributed by atoms with Gasteiger partial charge in [0.1, 0.15) is 0 Å². The van der Waals surface area contributed by atoms with Gasteiger partial charge in [0.15, 0.2) is 0 Å². The van der Waals surface area contributed by atoms with Crippen molar-refractivity contribution < 1.29 is 9.15 Å². The SMILES string of the molecule is CC1=C[C@@H](CNCCN2CCOCC2)[C@H](C(C)C)C[C@@H]1Cc1nnc(-c2ccc(C)cc2)o1. The smallest absolute Gasteiger partial charge is 0.247 e. The molecule has 6 nitrogen and oxygen atoms in total. The molecule has 2 aromatic rings. The second kappa shape index (κ2) is 11.4. The molecule has 6 heteroatoms. The Kier molecular flexibility index (Phi) is 8.34. The van der Waals surface area contributed by atoms with Crippen LogP contribution in [-0.2, 0) is 11.2 Å². The molecule has 0 amide bonds. The molecule has 1 aliphatic carbocycles. The first kappa shape index (κ1) is 24.1. The van der Waals surface area contributed by atoms with E-state index in [1.807, 2.05) is 12.1 Å². The van der Waals surface area contributed by atoms with Gasteiger partial charge in [0, 0.05) is 44.7 Å². The third-order valence-corrected chi connectivity index (χ3v) is 7.36. The normalized spacial score (nSPS) is 24.3. The van der Waals surface area contributed by atoms with Crippen LogP contribution in [0, 0.1) is 30.6 Å². The Labute approximate surface area is 198 Å². The standard InChI is InChI=1S/C27H40N4O2/c1-19(2)25-16-23(17-26-29-30-27(33-26)22-7-5-20(3)6-8-22)21(4)15-24(25)18-28-9-10-31-11-13-32-14-12-31/h5-8,15,19,23-25,28H,9-14,16-18H2,1-4H3/t23-,24+,25+/m1/s1. The highest BCUT2D eigenvalue weighted by atomic mass is 16.5. The second-order valence-electron chi connectivity index (χ2n) is 10.1. The van der Waals surface area contributed by atoms with Gasteiger partial charge in [-0.25, -0.2) is 0 Å². The zero-order valence-electron chi connectivity index (χ0n) is 20.7. The molecule has 180 valence electrons. The van der Waals surface area contributed by atoms with Gasteiger partial charge < -0.3 is 14.5 Å². The average molecular weight is 453 g/mol. The van der Waals surface area contributed by atoms with Crippen molar-refractivity contribution in [3.05, 3.63) is 47.4 Å². The van der Waals surface area contributed by atoms with Crippen molar-refractivity contribution in [3.63, 3.8) is 0 Å². The number of rotatable bonds is 9. The number of hydrogen-bond donors (Lipinski definition) is 1. The predicted octanol–water partition coefficient (Wildman–Crippen LogP) is 4.36. The summed E-state index contributed by atoms with van der Waals surface area (Å²) in [5, 5.41) is 12.4. The maximum absolute atomic E-state index is 6.04. The van der Waals surface area contributed by atoms with Crippen LogP contribution in [-0.4, -0.2) is 61.0 Å². The van der Waals surface area contributed by atoms with E-state index in [0.717, 1.165) is 63.8 Å². The predicted molar refractivity (Wildman–Crippen MR) is 132 cm³/mol. The van der Waals surface area contributed by atoms with Crippen LogP contribution in [0.5, 0.6) is 0 Å². The number of nitrogens with one attached hydrogen (secondary N) is 1. The van der Waals surface area contributed by atoms with E-state index in [0.29, 0.717) is 29.6 Å². The molecule has 33 heavy (non-hydrogen) atoms. The molecule has 1 N–H and O–H groups in total. The summed E-state index contributed by atoms with van der Waals surface area (Å²) in [6.07, 6.45) is 4.51. The van der Waals surface area contributed by atoms with Crippen LogP contribution in [0.4, 0.5) is 0 Å². The van der Waals surface area contributed by atoms with Gasteiger partial charge in [0.05, 0.1) is 13.2 Å². The summed E-state index contributed by atoms with van der Waals surface area (Å²) in [5.74, 6) is 3.71. The molecule has 1 fully saturated rings. The van der Waals surface area contributed by atoms with Crippen LogP contribution < -0.4 is 5.32 Å². The molecule has 1 aromatic carbocycles. The van der Waals surface area contributed by atoms with Crippen LogP contribution in [0.15, 0.2) is 40.3 Å². The van der Waals surface area contributed by atoms with E-state index in [1.165, 1.54) is 17.6 Å². The Morgan fingerprint density at radius 3 is 2.58 bits per heavy atom. The van der Waals surface area contributed by atoms with Crippen LogP contribution in [0.3, 0.4) is 0 Å². The lowest BCUT2D eigenvalue weighted by Crippen LogP contribution is -2.42. The van der Waals surface area contributed by atoms with Crippen molar-refractivity contribution in [1.82, 2.24) is 20.4 Å². The molecule has 0 bridgehead atoms. The van der Waals surface area contributed by atoms with Crippen molar-refractivity contribution in [1.29, 1.82) is 0 Å². The van der Waals surface area contributed by atoms with Gasteiger partial charge in [-0.05, 0) is 56.1 Å². The van der Waals surface area contributed by atoms with E-state index >= 15 is 0 Å². The number of aromatic nitrogens is 2. The zero-order valence-corrected chi connectivity index (χ0v) is 20.7. The number of allylic oxidation sites excluding steroid dienone is 1. The number of benzene rings is 1. The van der Waals surface area contributed by atoms with Gasteiger partial charge in [0.2, 0.25) is 11.8 Å². The average Bonchev–Trinajstić information content (AvgIpc) is 3.28. The first-order chi connectivity index (χ1) is 16.0. The maximum Gasteiger partial charge on any atom is 0.247 e. The molecule has 0 saturated carbocycles. The van der Waals surface area contributed by atoms with Crippen molar-refractivity contribution >= 4 is 0 Å². The first-order valence-electron chi connectivity index (χ1n) is 12.6. The van der Waals surface area contributed by atoms with Gasteiger partial charge in [0.25, 0.3) is 0 Å². The molecule has 0 unspecified atom stereocenters. The highest BCUT2D eigenvalue weighted by Gasteiger charge is 2.32. The first-order valence-corrected chi connectivity index (χ1v) is 12.6. The summed E-state index contributed by atoms with van der Waals surface area (Å²) < 4.78 is 11.5. The summed E-state index contributed by atoms with van der Waals surface area (Å²) in [4.78, 5) is 2.49. The summed E-state index contributed by atoms with van der Waals surface area (Å²) in [5.41, 5.74) is 3.67. The minimum atomic E-state index is 0.466. The van der Waals surface area contributed by atoms with Gasteiger partial charge in [-0.15, -0.1) is 10.2 Å². The second-order valence-corrected chi connectivity index (χ2v) is 10.1. The van der Waals surface area contributed by atoms with Crippen LogP contribution in [0.25, 0.3) is 11.5 Å². The summed E-state index contributed by atoms with van der Waals surface area (Å²) >= 11 is 0. The highest BCUT2D eigenvalue weighted by molar-refractivity contribution is 5.52. The Hall–Kier alpha value is -2.02. The fourth-order valence-electron chi connectivity index (χ4n) is 5.20. The topological polar surface area (TPSA) is 63.4 Å². The van der Waals surface area contributed by atoms with E-state index in [2.05, 4.69) is 66.3 Å². The summed E-state index contributed by atoms with van der Waals surface area (Å²) in [6, 6.07) is 8.25. The van der Waals surface area contributed by atoms with Crippen LogP contribution in [0.1, 0.15) is 38.6 Å². The van der Waals surface area contributed by atoms with E-state index in [-0.39, 0.29) is 0 Å². The van der Waals surface area contributed by atoms with Crippen molar-refractivity contribution in [2.45, 2.75) is 40.5 Å². The molecule has 1 aromatic heterocycles. The molecule has 1 saturated heterocycles. The maximum atomic E-state index is 6.04. The third kappa shape index (κ3) is 6.52. The lowest BCUT2D eigenvalue weighted by Gasteiger charge is -2.37. The van der Waals surface area contributed by atoms with Gasteiger partial charge in [-0.1, -0.05) is 43.2 Å².